The molecule has 0 amide bonds. The zero-order valence-corrected chi connectivity index (χ0v) is 22.9. The lowest BCUT2D eigenvalue weighted by Crippen LogP contribution is -2.45. The van der Waals surface area contributed by atoms with Gasteiger partial charge in [-0.3, -0.25) is 4.79 Å². The fourth-order valence-electron chi connectivity index (χ4n) is 5.42. The first-order chi connectivity index (χ1) is 17.7. The van der Waals surface area contributed by atoms with Gasteiger partial charge < -0.3 is 19.9 Å². The Morgan fingerprint density at radius 2 is 1.86 bits per heavy atom. The second-order valence-electron chi connectivity index (χ2n) is 10.9. The van der Waals surface area contributed by atoms with E-state index in [9.17, 15) is 14.3 Å². The molecule has 0 fully saturated rings. The lowest BCUT2D eigenvalue weighted by Gasteiger charge is -2.31. The van der Waals surface area contributed by atoms with E-state index in [1.807, 2.05) is 0 Å². The Balaban J connectivity index is 1.52. The van der Waals surface area contributed by atoms with Gasteiger partial charge >= 0.3 is 5.97 Å². The quantitative estimate of drug-likeness (QED) is 0.299. The third-order valence-electron chi connectivity index (χ3n) is 7.15. The lowest BCUT2D eigenvalue weighted by atomic mass is 9.88. The van der Waals surface area contributed by atoms with Gasteiger partial charge in [-0.1, -0.05) is 43.7 Å². The number of esters is 1. The van der Waals surface area contributed by atoms with Crippen LogP contribution < -0.4 is 5.32 Å². The number of benzene rings is 2. The second kappa shape index (κ2) is 14.0. The van der Waals surface area contributed by atoms with Crippen molar-refractivity contribution in [2.24, 2.45) is 5.92 Å². The lowest BCUT2D eigenvalue weighted by molar-refractivity contribution is -0.143. The predicted octanol–water partition coefficient (Wildman–Crippen LogP) is 5.71. The molecule has 0 unspecified atom stereocenters. The molecule has 0 saturated heterocycles. The first-order valence-corrected chi connectivity index (χ1v) is 13.8. The second-order valence-corrected chi connectivity index (χ2v) is 10.9. The van der Waals surface area contributed by atoms with E-state index in [4.69, 9.17) is 9.47 Å². The van der Waals surface area contributed by atoms with Gasteiger partial charge in [-0.05, 0) is 93.2 Å². The minimum absolute atomic E-state index is 0.112. The summed E-state index contributed by atoms with van der Waals surface area (Å²) in [6.45, 7) is 9.11. The van der Waals surface area contributed by atoms with Crippen LogP contribution in [-0.2, 0) is 33.5 Å². The van der Waals surface area contributed by atoms with Crippen LogP contribution in [0.3, 0.4) is 0 Å². The van der Waals surface area contributed by atoms with Crippen molar-refractivity contribution in [2.75, 3.05) is 19.8 Å². The average molecular weight is 514 g/mol. The Bertz CT molecular complexity index is 983. The van der Waals surface area contributed by atoms with Crippen molar-refractivity contribution >= 4 is 5.97 Å². The number of rotatable bonds is 15. The third-order valence-corrected chi connectivity index (χ3v) is 7.15. The van der Waals surface area contributed by atoms with E-state index in [1.165, 1.54) is 23.3 Å². The van der Waals surface area contributed by atoms with Gasteiger partial charge in [0.15, 0.2) is 0 Å². The van der Waals surface area contributed by atoms with Crippen LogP contribution in [0, 0.1) is 11.7 Å². The topological polar surface area (TPSA) is 67.8 Å². The standard InChI is InChI=1S/C31H44FNO4/c1-5-9-29(28-18-26(32)14-12-23(28)13-15-30(35)36-6-2)37-21-27(34)20-33-31(3,4)19-22-16-24-10-7-8-11-25(24)17-22/h7-8,10-12,14,18,22,27,29,33-34H,5-6,9,13,15-17,19-21H2,1-4H3/t27-,29-/m1/s1. The predicted molar refractivity (Wildman–Crippen MR) is 145 cm³/mol. The summed E-state index contributed by atoms with van der Waals surface area (Å²) < 4.78 is 25.4. The number of nitrogens with one attached hydrogen (secondary N) is 1. The minimum Gasteiger partial charge on any atom is -0.466 e. The molecular formula is C31H44FNO4. The van der Waals surface area contributed by atoms with Gasteiger partial charge in [0.05, 0.1) is 25.4 Å². The summed E-state index contributed by atoms with van der Waals surface area (Å²) in [5.74, 6) is -0.00261. The molecule has 2 N–H and O–H groups in total. The number of aliphatic hydroxyl groups is 1. The first-order valence-electron chi connectivity index (χ1n) is 13.8. The van der Waals surface area contributed by atoms with Crippen LogP contribution in [0.25, 0.3) is 0 Å². The van der Waals surface area contributed by atoms with E-state index in [0.29, 0.717) is 31.9 Å². The van der Waals surface area contributed by atoms with Gasteiger partial charge in [-0.2, -0.15) is 0 Å². The van der Waals surface area contributed by atoms with Gasteiger partial charge in [0.25, 0.3) is 0 Å². The van der Waals surface area contributed by atoms with Gasteiger partial charge in [0, 0.05) is 18.5 Å². The van der Waals surface area contributed by atoms with E-state index >= 15 is 0 Å². The van der Waals surface area contributed by atoms with Gasteiger partial charge in [0.2, 0.25) is 0 Å². The number of carbonyl (C=O) groups is 1. The summed E-state index contributed by atoms with van der Waals surface area (Å²) >= 11 is 0. The van der Waals surface area contributed by atoms with E-state index in [2.05, 4.69) is 50.4 Å². The summed E-state index contributed by atoms with van der Waals surface area (Å²) in [5, 5.41) is 14.2. The number of aliphatic hydroxyl groups excluding tert-OH is 1. The number of ether oxygens (including phenoxy) is 2. The first kappa shape index (κ1) is 29.3. The fourth-order valence-corrected chi connectivity index (χ4v) is 5.42. The molecule has 2 atom stereocenters. The molecule has 1 aliphatic rings. The Labute approximate surface area is 221 Å². The van der Waals surface area contributed by atoms with Crippen molar-refractivity contribution in [2.45, 2.75) is 90.4 Å². The SMILES string of the molecule is CCC[C@@H](OC[C@H](O)CNC(C)(C)CC1Cc2ccccc2C1)c1cc(F)ccc1CCC(=O)OCC. The summed E-state index contributed by atoms with van der Waals surface area (Å²) in [6.07, 6.45) is 4.46. The largest absolute Gasteiger partial charge is 0.466 e. The van der Waals surface area contributed by atoms with Gasteiger partial charge in [-0.15, -0.1) is 0 Å². The maximum Gasteiger partial charge on any atom is 0.306 e. The molecule has 0 bridgehead atoms. The number of hydrogen-bond donors (Lipinski definition) is 2. The smallest absolute Gasteiger partial charge is 0.306 e. The van der Waals surface area contributed by atoms with Crippen molar-refractivity contribution in [1.29, 1.82) is 0 Å². The normalized spacial score (nSPS) is 15.4. The molecule has 0 heterocycles. The summed E-state index contributed by atoms with van der Waals surface area (Å²) in [5.41, 5.74) is 4.42. The zero-order valence-electron chi connectivity index (χ0n) is 22.9. The van der Waals surface area contributed by atoms with Crippen LogP contribution in [0.15, 0.2) is 42.5 Å². The summed E-state index contributed by atoms with van der Waals surface area (Å²) in [7, 11) is 0. The highest BCUT2D eigenvalue weighted by Gasteiger charge is 2.28. The summed E-state index contributed by atoms with van der Waals surface area (Å²) in [4.78, 5) is 11.9. The van der Waals surface area contributed by atoms with Crippen LogP contribution in [0.4, 0.5) is 4.39 Å². The maximum absolute atomic E-state index is 14.2. The molecule has 0 saturated carbocycles. The number of hydrogen-bond acceptors (Lipinski definition) is 5. The molecule has 1 aliphatic carbocycles. The Morgan fingerprint density at radius 3 is 2.51 bits per heavy atom. The molecule has 37 heavy (non-hydrogen) atoms. The van der Waals surface area contributed by atoms with Crippen LogP contribution in [0.2, 0.25) is 0 Å². The Kier molecular flexibility index (Phi) is 11.1. The number of β-amino-alcohol motifs (C(OH)–C–C–N with tert-alkyl or cyclic N) is 1. The molecule has 6 heteroatoms. The van der Waals surface area contributed by atoms with Crippen LogP contribution >= 0.6 is 0 Å². The number of fused-ring (bicyclic) bond motifs is 1. The van der Waals surface area contributed by atoms with Crippen LogP contribution in [0.5, 0.6) is 0 Å². The molecule has 204 valence electrons. The molecule has 0 aromatic heterocycles. The van der Waals surface area contributed by atoms with Crippen molar-refractivity contribution in [3.05, 3.63) is 70.5 Å². The average Bonchev–Trinajstić information content (AvgIpc) is 3.26. The van der Waals surface area contributed by atoms with Crippen molar-refractivity contribution < 1.29 is 23.8 Å². The molecule has 2 aromatic rings. The number of halogens is 1. The highest BCUT2D eigenvalue weighted by atomic mass is 19.1. The maximum atomic E-state index is 14.2. The van der Waals surface area contributed by atoms with Gasteiger partial charge in [0.1, 0.15) is 5.82 Å². The number of aryl methyl sites for hydroxylation is 1. The van der Waals surface area contributed by atoms with Gasteiger partial charge in [-0.25, -0.2) is 4.39 Å². The molecule has 3 rings (SSSR count). The molecule has 0 spiro atoms. The molecule has 2 aromatic carbocycles. The highest BCUT2D eigenvalue weighted by molar-refractivity contribution is 5.69. The highest BCUT2D eigenvalue weighted by Crippen LogP contribution is 2.32. The third kappa shape index (κ3) is 9.20. The van der Waals surface area contributed by atoms with Crippen LogP contribution in [0.1, 0.15) is 81.7 Å². The molecule has 5 nitrogen and oxygen atoms in total. The fraction of sp³-hybridized carbons (Fsp3) is 0.581. The van der Waals surface area contributed by atoms with Crippen molar-refractivity contribution in [3.8, 4) is 0 Å². The van der Waals surface area contributed by atoms with E-state index in [0.717, 1.165) is 36.8 Å². The monoisotopic (exact) mass is 513 g/mol. The molecule has 0 aliphatic heterocycles. The van der Waals surface area contributed by atoms with Crippen LogP contribution in [-0.4, -0.2) is 42.5 Å². The Morgan fingerprint density at radius 1 is 1.16 bits per heavy atom. The van der Waals surface area contributed by atoms with E-state index in [-0.39, 0.29) is 36.5 Å². The minimum atomic E-state index is -0.684. The van der Waals surface area contributed by atoms with E-state index < -0.39 is 6.10 Å². The van der Waals surface area contributed by atoms with E-state index in [1.54, 1.807) is 13.0 Å². The summed E-state index contributed by atoms with van der Waals surface area (Å²) in [6, 6.07) is 13.3. The molecular weight excluding hydrogens is 469 g/mol. The zero-order chi connectivity index (χ0) is 26.8. The molecule has 0 radical (unpaired) electrons. The van der Waals surface area contributed by atoms with Crippen molar-refractivity contribution in [3.63, 3.8) is 0 Å². The number of carbonyl (C=O) groups excluding carboxylic acids is 1. The Hall–Kier alpha value is -2.28. The van der Waals surface area contributed by atoms with Crippen molar-refractivity contribution in [1.82, 2.24) is 5.32 Å².